The summed E-state index contributed by atoms with van der Waals surface area (Å²) in [5.41, 5.74) is 0.642. The zero-order valence-corrected chi connectivity index (χ0v) is 17.4. The van der Waals surface area contributed by atoms with Crippen molar-refractivity contribution >= 4 is 17.2 Å². The minimum atomic E-state index is -0.0514. The maximum Gasteiger partial charge on any atom is 0.251 e. The molecule has 2 atom stereocenters. The number of rotatable bonds is 7. The predicted octanol–water partition coefficient (Wildman–Crippen LogP) is 5.50. The lowest BCUT2D eigenvalue weighted by atomic mass is 10.1. The van der Waals surface area contributed by atoms with Crippen molar-refractivity contribution in [1.29, 1.82) is 0 Å². The fourth-order valence-electron chi connectivity index (χ4n) is 3.89. The van der Waals surface area contributed by atoms with E-state index in [1.165, 1.54) is 17.7 Å². The van der Waals surface area contributed by atoms with Crippen molar-refractivity contribution in [2.24, 2.45) is 0 Å². The molecule has 0 saturated carbocycles. The highest BCUT2D eigenvalue weighted by molar-refractivity contribution is 7.10. The molecule has 0 aliphatic carbocycles. The van der Waals surface area contributed by atoms with Crippen LogP contribution in [0, 0.1) is 0 Å². The van der Waals surface area contributed by atoms with Crippen molar-refractivity contribution in [1.82, 2.24) is 10.2 Å². The van der Waals surface area contributed by atoms with E-state index in [2.05, 4.69) is 34.7 Å². The number of carbonyl (C=O) groups excluding carboxylic acids is 1. The smallest absolute Gasteiger partial charge is 0.251 e. The molecule has 0 radical (unpaired) electrons. The number of benzene rings is 2. The first-order valence-corrected chi connectivity index (χ1v) is 11.0. The van der Waals surface area contributed by atoms with Gasteiger partial charge in [-0.1, -0.05) is 24.3 Å². The molecule has 1 amide bonds. The summed E-state index contributed by atoms with van der Waals surface area (Å²) < 4.78 is 5.81. The molecule has 0 bridgehead atoms. The second-order valence-corrected chi connectivity index (χ2v) is 8.38. The van der Waals surface area contributed by atoms with Crippen LogP contribution in [0.1, 0.15) is 41.0 Å². The number of amides is 1. The molecule has 1 aliphatic rings. The zero-order chi connectivity index (χ0) is 20.1. The van der Waals surface area contributed by atoms with Crippen molar-refractivity contribution in [3.05, 3.63) is 82.6 Å². The minimum Gasteiger partial charge on any atom is -0.457 e. The summed E-state index contributed by atoms with van der Waals surface area (Å²) in [6.07, 6.45) is 2.46. The standard InChI is InChI=1S/C24H26N2O2S/c1-18(23(22-10-7-17-29-22)26-15-5-6-16-26)25-24(27)19-11-13-21(14-12-19)28-20-8-3-2-4-9-20/h2-4,7-14,17-18,23H,5-6,15-16H2,1H3,(H,25,27). The number of nitrogens with zero attached hydrogens (tertiary/aromatic N) is 1. The van der Waals surface area contributed by atoms with Gasteiger partial charge in [0.05, 0.1) is 6.04 Å². The van der Waals surface area contributed by atoms with Gasteiger partial charge in [-0.25, -0.2) is 0 Å². The fraction of sp³-hybridized carbons (Fsp3) is 0.292. The number of para-hydroxylation sites is 1. The molecule has 1 fully saturated rings. The van der Waals surface area contributed by atoms with Crippen molar-refractivity contribution in [3.8, 4) is 11.5 Å². The van der Waals surface area contributed by atoms with Gasteiger partial charge in [-0.15, -0.1) is 11.3 Å². The van der Waals surface area contributed by atoms with E-state index in [0.29, 0.717) is 11.3 Å². The van der Waals surface area contributed by atoms with E-state index >= 15 is 0 Å². The number of likely N-dealkylation sites (tertiary alicyclic amines) is 1. The highest BCUT2D eigenvalue weighted by Crippen LogP contribution is 2.31. The van der Waals surface area contributed by atoms with Crippen molar-refractivity contribution in [3.63, 3.8) is 0 Å². The van der Waals surface area contributed by atoms with E-state index in [9.17, 15) is 4.79 Å². The van der Waals surface area contributed by atoms with Crippen molar-refractivity contribution in [2.45, 2.75) is 31.8 Å². The van der Waals surface area contributed by atoms with Crippen LogP contribution in [-0.2, 0) is 0 Å². The molecule has 2 aromatic carbocycles. The van der Waals surface area contributed by atoms with E-state index in [-0.39, 0.29) is 18.0 Å². The fourth-order valence-corrected chi connectivity index (χ4v) is 4.85. The topological polar surface area (TPSA) is 41.6 Å². The van der Waals surface area contributed by atoms with Crippen LogP contribution in [0.3, 0.4) is 0 Å². The van der Waals surface area contributed by atoms with Crippen LogP contribution < -0.4 is 10.1 Å². The van der Waals surface area contributed by atoms with Gasteiger partial charge in [-0.3, -0.25) is 9.69 Å². The molecule has 1 aliphatic heterocycles. The molecule has 0 spiro atoms. The molecular formula is C24H26N2O2S. The van der Waals surface area contributed by atoms with Gasteiger partial charge in [0.15, 0.2) is 0 Å². The van der Waals surface area contributed by atoms with E-state index < -0.39 is 0 Å². The van der Waals surface area contributed by atoms with Gasteiger partial charge in [0.2, 0.25) is 0 Å². The molecule has 3 aromatic rings. The number of hydrogen-bond donors (Lipinski definition) is 1. The second kappa shape index (κ2) is 9.25. The summed E-state index contributed by atoms with van der Waals surface area (Å²) in [7, 11) is 0. The molecule has 2 unspecified atom stereocenters. The monoisotopic (exact) mass is 406 g/mol. The van der Waals surface area contributed by atoms with Crippen molar-refractivity contribution in [2.75, 3.05) is 13.1 Å². The average molecular weight is 407 g/mol. The van der Waals surface area contributed by atoms with Crippen molar-refractivity contribution < 1.29 is 9.53 Å². The van der Waals surface area contributed by atoms with E-state index in [1.807, 2.05) is 54.6 Å². The third-order valence-electron chi connectivity index (χ3n) is 5.30. The van der Waals surface area contributed by atoms with Crippen LogP contribution in [0.25, 0.3) is 0 Å². The van der Waals surface area contributed by atoms with Gasteiger partial charge >= 0.3 is 0 Å². The van der Waals surface area contributed by atoms with Crippen LogP contribution in [0.5, 0.6) is 11.5 Å². The van der Waals surface area contributed by atoms with Crippen LogP contribution in [-0.4, -0.2) is 29.9 Å². The number of thiophene rings is 1. The highest BCUT2D eigenvalue weighted by atomic mass is 32.1. The maximum atomic E-state index is 12.8. The molecule has 5 heteroatoms. The molecule has 1 aromatic heterocycles. The zero-order valence-electron chi connectivity index (χ0n) is 16.6. The highest BCUT2D eigenvalue weighted by Gasteiger charge is 2.30. The van der Waals surface area contributed by atoms with Gasteiger partial charge in [0.1, 0.15) is 11.5 Å². The summed E-state index contributed by atoms with van der Waals surface area (Å²) in [4.78, 5) is 16.7. The lowest BCUT2D eigenvalue weighted by Crippen LogP contribution is -2.43. The normalized spacial score (nSPS) is 16.3. The Hall–Kier alpha value is -2.63. The van der Waals surface area contributed by atoms with E-state index in [1.54, 1.807) is 11.3 Å². The van der Waals surface area contributed by atoms with Crippen LogP contribution in [0.4, 0.5) is 0 Å². The minimum absolute atomic E-state index is 0.0273. The molecule has 29 heavy (non-hydrogen) atoms. The number of hydrogen-bond acceptors (Lipinski definition) is 4. The van der Waals surface area contributed by atoms with E-state index in [4.69, 9.17) is 4.74 Å². The van der Waals surface area contributed by atoms with Crippen LogP contribution in [0.15, 0.2) is 72.1 Å². The van der Waals surface area contributed by atoms with Gasteiger partial charge in [-0.2, -0.15) is 0 Å². The third kappa shape index (κ3) is 4.86. The van der Waals surface area contributed by atoms with Gasteiger partial charge in [0.25, 0.3) is 5.91 Å². The Kier molecular flexibility index (Phi) is 6.27. The molecule has 1 N–H and O–H groups in total. The maximum absolute atomic E-state index is 12.8. The second-order valence-electron chi connectivity index (χ2n) is 7.40. The Morgan fingerprint density at radius 1 is 0.966 bits per heavy atom. The van der Waals surface area contributed by atoms with Crippen LogP contribution >= 0.6 is 11.3 Å². The van der Waals surface area contributed by atoms with Gasteiger partial charge in [0, 0.05) is 16.5 Å². The Morgan fingerprint density at radius 3 is 2.31 bits per heavy atom. The first-order chi connectivity index (χ1) is 14.2. The number of nitrogens with one attached hydrogen (secondary N) is 1. The summed E-state index contributed by atoms with van der Waals surface area (Å²) in [5, 5.41) is 5.33. The summed E-state index contributed by atoms with van der Waals surface area (Å²) in [6.45, 7) is 4.29. The Bertz CT molecular complexity index is 904. The lowest BCUT2D eigenvalue weighted by Gasteiger charge is -2.32. The molecule has 150 valence electrons. The Labute approximate surface area is 176 Å². The molecule has 1 saturated heterocycles. The number of carbonyl (C=O) groups is 1. The third-order valence-corrected chi connectivity index (χ3v) is 6.24. The summed E-state index contributed by atoms with van der Waals surface area (Å²) in [5.74, 6) is 1.45. The molecule has 2 heterocycles. The predicted molar refractivity (Wildman–Crippen MR) is 118 cm³/mol. The molecule has 4 nitrogen and oxygen atoms in total. The Balaban J connectivity index is 1.42. The molecule has 4 rings (SSSR count). The molecular weight excluding hydrogens is 380 g/mol. The summed E-state index contributed by atoms with van der Waals surface area (Å²) in [6, 6.07) is 21.5. The van der Waals surface area contributed by atoms with E-state index in [0.717, 1.165) is 18.8 Å². The first-order valence-electron chi connectivity index (χ1n) is 10.1. The quantitative estimate of drug-likeness (QED) is 0.564. The SMILES string of the molecule is CC(NC(=O)c1ccc(Oc2ccccc2)cc1)C(c1cccs1)N1CCCC1. The van der Waals surface area contributed by atoms with Gasteiger partial charge in [-0.05, 0) is 80.7 Å². The average Bonchev–Trinajstić information content (AvgIpc) is 3.44. The lowest BCUT2D eigenvalue weighted by molar-refractivity contribution is 0.0908. The summed E-state index contributed by atoms with van der Waals surface area (Å²) >= 11 is 1.76. The van der Waals surface area contributed by atoms with Crippen LogP contribution in [0.2, 0.25) is 0 Å². The largest absolute Gasteiger partial charge is 0.457 e. The van der Waals surface area contributed by atoms with Gasteiger partial charge < -0.3 is 10.1 Å². The number of ether oxygens (including phenoxy) is 1. The first kappa shape index (κ1) is 19.7. The Morgan fingerprint density at radius 2 is 1.66 bits per heavy atom.